The van der Waals surface area contributed by atoms with Crippen molar-refractivity contribution in [2.75, 3.05) is 11.9 Å². The molecule has 1 heterocycles. The summed E-state index contributed by atoms with van der Waals surface area (Å²) in [5.74, 6) is -1.31. The number of halogens is 2. The fourth-order valence-electron chi connectivity index (χ4n) is 2.22. The Balaban J connectivity index is 1.69. The van der Waals surface area contributed by atoms with Gasteiger partial charge in [0.1, 0.15) is 11.6 Å². The number of nitrogens with one attached hydrogen (secondary N) is 2. The quantitative estimate of drug-likeness (QED) is 0.906. The van der Waals surface area contributed by atoms with E-state index in [4.69, 9.17) is 16.3 Å². The number of anilines is 1. The smallest absolute Gasteiger partial charge is 0.267 e. The highest BCUT2D eigenvalue weighted by Gasteiger charge is 2.28. The molecular formula is C16H12ClFN2O3. The maximum absolute atomic E-state index is 13.7. The Bertz CT molecular complexity index is 761. The summed E-state index contributed by atoms with van der Waals surface area (Å²) in [7, 11) is 0. The Hall–Kier alpha value is -2.60. The number of rotatable bonds is 3. The van der Waals surface area contributed by atoms with Crippen LogP contribution in [0.5, 0.6) is 5.75 Å². The van der Waals surface area contributed by atoms with Gasteiger partial charge in [0, 0.05) is 0 Å². The van der Waals surface area contributed by atoms with Gasteiger partial charge in [-0.2, -0.15) is 0 Å². The number of fused-ring (bicyclic) bond motifs is 1. The maximum atomic E-state index is 13.7. The molecule has 2 amide bonds. The topological polar surface area (TPSA) is 67.4 Å². The van der Waals surface area contributed by atoms with Crippen molar-refractivity contribution < 1.29 is 18.7 Å². The summed E-state index contributed by atoms with van der Waals surface area (Å²) < 4.78 is 19.2. The Kier molecular flexibility index (Phi) is 4.16. The minimum atomic E-state index is -0.903. The second-order valence-electron chi connectivity index (χ2n) is 4.90. The number of benzene rings is 2. The molecule has 118 valence electrons. The second kappa shape index (κ2) is 6.26. The number of hydrogen-bond acceptors (Lipinski definition) is 3. The van der Waals surface area contributed by atoms with Gasteiger partial charge in [0.15, 0.2) is 6.10 Å². The molecule has 7 heteroatoms. The number of ether oxygens (including phenoxy) is 1. The van der Waals surface area contributed by atoms with Crippen LogP contribution in [-0.2, 0) is 4.79 Å². The lowest BCUT2D eigenvalue weighted by molar-refractivity contribution is -0.123. The van der Waals surface area contributed by atoms with Gasteiger partial charge in [-0.3, -0.25) is 9.59 Å². The third kappa shape index (κ3) is 3.12. The van der Waals surface area contributed by atoms with Gasteiger partial charge in [0.05, 0.1) is 22.8 Å². The first-order valence-corrected chi connectivity index (χ1v) is 7.23. The van der Waals surface area contributed by atoms with E-state index in [2.05, 4.69) is 10.6 Å². The van der Waals surface area contributed by atoms with Crippen LogP contribution < -0.4 is 15.4 Å². The van der Waals surface area contributed by atoms with Gasteiger partial charge in [-0.05, 0) is 24.3 Å². The van der Waals surface area contributed by atoms with Crippen LogP contribution in [0.1, 0.15) is 10.4 Å². The Labute approximate surface area is 136 Å². The molecule has 2 N–H and O–H groups in total. The Morgan fingerprint density at radius 2 is 2.04 bits per heavy atom. The highest BCUT2D eigenvalue weighted by Crippen LogP contribution is 2.28. The monoisotopic (exact) mass is 334 g/mol. The van der Waals surface area contributed by atoms with E-state index >= 15 is 0 Å². The minimum absolute atomic E-state index is 0.00172. The van der Waals surface area contributed by atoms with E-state index in [1.165, 1.54) is 12.1 Å². The molecule has 0 radical (unpaired) electrons. The molecule has 0 saturated carbocycles. The highest BCUT2D eigenvalue weighted by atomic mass is 35.5. The van der Waals surface area contributed by atoms with Gasteiger partial charge in [-0.1, -0.05) is 29.8 Å². The van der Waals surface area contributed by atoms with Gasteiger partial charge in [0.25, 0.3) is 11.8 Å². The van der Waals surface area contributed by atoms with Crippen LogP contribution in [0.15, 0.2) is 42.5 Å². The van der Waals surface area contributed by atoms with Crippen molar-refractivity contribution in [1.82, 2.24) is 5.32 Å². The molecule has 3 rings (SSSR count). The zero-order chi connectivity index (χ0) is 16.4. The van der Waals surface area contributed by atoms with Crippen LogP contribution in [0.25, 0.3) is 0 Å². The zero-order valence-electron chi connectivity index (χ0n) is 11.8. The minimum Gasteiger partial charge on any atom is -0.477 e. The number of amides is 2. The average molecular weight is 335 g/mol. The average Bonchev–Trinajstić information content (AvgIpc) is 2.52. The van der Waals surface area contributed by atoms with Gasteiger partial charge >= 0.3 is 0 Å². The SMILES string of the molecule is O=C(NCC1Oc2ccccc2NC1=O)c1c(F)cccc1Cl. The van der Waals surface area contributed by atoms with Gasteiger partial charge < -0.3 is 15.4 Å². The first kappa shape index (κ1) is 15.3. The number of para-hydroxylation sites is 2. The summed E-state index contributed by atoms with van der Waals surface area (Å²) in [6.07, 6.45) is -0.903. The molecule has 1 atom stereocenters. The Morgan fingerprint density at radius 1 is 1.26 bits per heavy atom. The molecule has 5 nitrogen and oxygen atoms in total. The summed E-state index contributed by atoms with van der Waals surface area (Å²) in [5, 5.41) is 5.14. The first-order chi connectivity index (χ1) is 11.1. The lowest BCUT2D eigenvalue weighted by Gasteiger charge is -2.25. The van der Waals surface area contributed by atoms with Crippen LogP contribution in [-0.4, -0.2) is 24.5 Å². The van der Waals surface area contributed by atoms with Crippen molar-refractivity contribution in [2.24, 2.45) is 0 Å². The molecule has 0 bridgehead atoms. The van der Waals surface area contributed by atoms with Crippen molar-refractivity contribution in [2.45, 2.75) is 6.10 Å². The van der Waals surface area contributed by atoms with Crippen molar-refractivity contribution in [3.05, 3.63) is 58.9 Å². The summed E-state index contributed by atoms with van der Waals surface area (Å²) in [6, 6.07) is 10.9. The molecule has 0 fully saturated rings. The lowest BCUT2D eigenvalue weighted by Crippen LogP contribution is -2.45. The van der Waals surface area contributed by atoms with Crippen LogP contribution in [0, 0.1) is 5.82 Å². The molecule has 0 saturated heterocycles. The van der Waals surface area contributed by atoms with E-state index in [1.807, 2.05) is 0 Å². The fraction of sp³-hybridized carbons (Fsp3) is 0.125. The molecule has 23 heavy (non-hydrogen) atoms. The Morgan fingerprint density at radius 3 is 2.83 bits per heavy atom. The predicted molar refractivity (Wildman–Crippen MR) is 83.2 cm³/mol. The summed E-state index contributed by atoms with van der Waals surface area (Å²) in [4.78, 5) is 24.0. The molecule has 0 spiro atoms. The largest absolute Gasteiger partial charge is 0.477 e. The highest BCUT2D eigenvalue weighted by molar-refractivity contribution is 6.33. The molecular weight excluding hydrogens is 323 g/mol. The molecule has 2 aromatic rings. The summed E-state index contributed by atoms with van der Waals surface area (Å²) in [5.41, 5.74) is 0.308. The molecule has 1 aliphatic rings. The summed E-state index contributed by atoms with van der Waals surface area (Å²) in [6.45, 7) is -0.107. The molecule has 0 aliphatic carbocycles. The van der Waals surface area contributed by atoms with E-state index in [9.17, 15) is 14.0 Å². The van der Waals surface area contributed by atoms with Gasteiger partial charge in [-0.25, -0.2) is 4.39 Å². The fourth-order valence-corrected chi connectivity index (χ4v) is 2.46. The van der Waals surface area contributed by atoms with Gasteiger partial charge in [0.2, 0.25) is 0 Å². The van der Waals surface area contributed by atoms with Gasteiger partial charge in [-0.15, -0.1) is 0 Å². The van der Waals surface area contributed by atoms with Crippen molar-refractivity contribution in [1.29, 1.82) is 0 Å². The number of carbonyl (C=O) groups excluding carboxylic acids is 2. The van der Waals surface area contributed by atoms with E-state index in [-0.39, 0.29) is 23.0 Å². The normalized spacial score (nSPS) is 16.1. The first-order valence-electron chi connectivity index (χ1n) is 6.85. The van der Waals surface area contributed by atoms with Crippen LogP contribution in [0.4, 0.5) is 10.1 Å². The van der Waals surface area contributed by atoms with Crippen molar-refractivity contribution >= 4 is 29.1 Å². The zero-order valence-corrected chi connectivity index (χ0v) is 12.6. The van der Waals surface area contributed by atoms with Crippen molar-refractivity contribution in [3.8, 4) is 5.75 Å². The van der Waals surface area contributed by atoms with Crippen molar-refractivity contribution in [3.63, 3.8) is 0 Å². The van der Waals surface area contributed by atoms with E-state index in [0.29, 0.717) is 11.4 Å². The standard InChI is InChI=1S/C16H12ClFN2O3/c17-9-4-3-5-10(18)14(9)16(22)19-8-13-15(21)20-11-6-1-2-7-12(11)23-13/h1-7,13H,8H2,(H,19,22)(H,20,21). The molecule has 2 aromatic carbocycles. The van der Waals surface area contributed by atoms with Crippen LogP contribution in [0.3, 0.4) is 0 Å². The molecule has 0 aromatic heterocycles. The van der Waals surface area contributed by atoms with Crippen LogP contribution in [0.2, 0.25) is 5.02 Å². The molecule has 1 aliphatic heterocycles. The third-order valence-corrected chi connectivity index (χ3v) is 3.66. The number of hydrogen-bond donors (Lipinski definition) is 2. The third-order valence-electron chi connectivity index (χ3n) is 3.34. The van der Waals surface area contributed by atoms with E-state index < -0.39 is 17.8 Å². The van der Waals surface area contributed by atoms with Crippen LogP contribution >= 0.6 is 11.6 Å². The van der Waals surface area contributed by atoms with E-state index in [0.717, 1.165) is 6.07 Å². The predicted octanol–water partition coefficient (Wildman–Crippen LogP) is 2.61. The summed E-state index contributed by atoms with van der Waals surface area (Å²) >= 11 is 5.83. The number of carbonyl (C=O) groups is 2. The molecule has 1 unspecified atom stereocenters. The maximum Gasteiger partial charge on any atom is 0.267 e. The second-order valence-corrected chi connectivity index (χ2v) is 5.31. The van der Waals surface area contributed by atoms with E-state index in [1.54, 1.807) is 24.3 Å². The lowest BCUT2D eigenvalue weighted by atomic mass is 10.2.